The minimum Gasteiger partial charge on any atom is -0.348 e. The topological polar surface area (TPSA) is 78.9 Å². The summed E-state index contributed by atoms with van der Waals surface area (Å²) >= 11 is 1.49. The van der Waals surface area contributed by atoms with Crippen LogP contribution in [0.4, 0.5) is 8.78 Å². The molecule has 3 aromatic rings. The molecule has 2 aromatic heterocycles. The molecule has 6 nitrogen and oxygen atoms in total. The number of halogens is 2. The highest BCUT2D eigenvalue weighted by molar-refractivity contribution is 7.98. The molecule has 0 saturated heterocycles. The standard InChI is InChI=1S/C29H36F2N4O2S/c1-16-11-25(38-4)23(27(36)33-16)15-32-28(37)26-18(3)35(24-8-6-5-7-22(24)26)17(2)19-9-10-20(12-19)34-21-13-29(30,31)14-21/h5-8,11,17,19-21,34H,9-10,12-15H2,1-4H3,(H,32,37)(H,33,36)/t17-,19?,20?/m1/s1. The van der Waals surface area contributed by atoms with E-state index in [-0.39, 0.29) is 49.0 Å². The van der Waals surface area contributed by atoms with Crippen LogP contribution in [0, 0.1) is 19.8 Å². The maximum absolute atomic E-state index is 13.5. The van der Waals surface area contributed by atoms with Gasteiger partial charge in [0.2, 0.25) is 0 Å². The van der Waals surface area contributed by atoms with Gasteiger partial charge in [-0.3, -0.25) is 9.59 Å². The fraction of sp³-hybridized carbons (Fsp3) is 0.517. The van der Waals surface area contributed by atoms with Crippen LogP contribution in [0.2, 0.25) is 0 Å². The Morgan fingerprint density at radius 2 is 1.95 bits per heavy atom. The molecule has 204 valence electrons. The fourth-order valence-electron chi connectivity index (χ4n) is 6.42. The van der Waals surface area contributed by atoms with Gasteiger partial charge in [0.25, 0.3) is 17.4 Å². The van der Waals surface area contributed by atoms with Crippen LogP contribution in [0.25, 0.3) is 10.9 Å². The van der Waals surface area contributed by atoms with Gasteiger partial charge in [-0.15, -0.1) is 11.8 Å². The molecule has 0 aliphatic heterocycles. The number of hydrogen-bond acceptors (Lipinski definition) is 4. The number of fused-ring (bicyclic) bond motifs is 1. The molecule has 38 heavy (non-hydrogen) atoms. The Labute approximate surface area is 226 Å². The number of nitrogens with one attached hydrogen (secondary N) is 3. The van der Waals surface area contributed by atoms with Gasteiger partial charge in [-0.05, 0) is 64.3 Å². The maximum atomic E-state index is 13.5. The first-order chi connectivity index (χ1) is 18.1. The number of pyridine rings is 1. The number of aromatic nitrogens is 2. The monoisotopic (exact) mass is 542 g/mol. The maximum Gasteiger partial charge on any atom is 0.254 e. The number of nitrogens with zero attached hydrogens (tertiary/aromatic N) is 1. The zero-order valence-electron chi connectivity index (χ0n) is 22.4. The van der Waals surface area contributed by atoms with Gasteiger partial charge in [0.05, 0.1) is 5.56 Å². The van der Waals surface area contributed by atoms with Crippen LogP contribution in [0.5, 0.6) is 0 Å². The van der Waals surface area contributed by atoms with Crippen LogP contribution in [-0.4, -0.2) is 39.7 Å². The van der Waals surface area contributed by atoms with E-state index in [9.17, 15) is 18.4 Å². The van der Waals surface area contributed by atoms with E-state index in [1.165, 1.54) is 11.8 Å². The molecular weight excluding hydrogens is 506 g/mol. The van der Waals surface area contributed by atoms with E-state index in [4.69, 9.17) is 0 Å². The Morgan fingerprint density at radius 1 is 1.21 bits per heavy atom. The van der Waals surface area contributed by atoms with E-state index in [0.717, 1.165) is 46.4 Å². The smallest absolute Gasteiger partial charge is 0.254 e. The molecule has 3 N–H and O–H groups in total. The van der Waals surface area contributed by atoms with Gasteiger partial charge in [0.1, 0.15) is 0 Å². The summed E-state index contributed by atoms with van der Waals surface area (Å²) < 4.78 is 28.8. The van der Waals surface area contributed by atoms with Crippen molar-refractivity contribution in [2.24, 2.45) is 5.92 Å². The van der Waals surface area contributed by atoms with Crippen LogP contribution in [-0.2, 0) is 6.54 Å². The number of carbonyl (C=O) groups is 1. The molecule has 5 rings (SSSR count). The summed E-state index contributed by atoms with van der Waals surface area (Å²) in [6, 6.07) is 10.2. The number of amides is 1. The lowest BCUT2D eigenvalue weighted by molar-refractivity contribution is -0.0947. The molecule has 0 radical (unpaired) electrons. The van der Waals surface area contributed by atoms with Crippen LogP contribution in [0.3, 0.4) is 0 Å². The summed E-state index contributed by atoms with van der Waals surface area (Å²) in [7, 11) is 0. The quantitative estimate of drug-likeness (QED) is 0.319. The molecule has 3 atom stereocenters. The number of alkyl halides is 2. The lowest BCUT2D eigenvalue weighted by Crippen LogP contribution is -2.51. The first kappa shape index (κ1) is 26.9. The number of aromatic amines is 1. The van der Waals surface area contributed by atoms with Gasteiger partial charge in [-0.1, -0.05) is 18.2 Å². The van der Waals surface area contributed by atoms with E-state index < -0.39 is 5.92 Å². The number of benzene rings is 1. The number of hydrogen-bond donors (Lipinski definition) is 3. The van der Waals surface area contributed by atoms with Gasteiger partial charge < -0.3 is 20.2 Å². The van der Waals surface area contributed by atoms with E-state index in [0.29, 0.717) is 17.0 Å². The average molecular weight is 543 g/mol. The largest absolute Gasteiger partial charge is 0.348 e. The summed E-state index contributed by atoms with van der Waals surface area (Å²) in [6.07, 6.45) is 4.73. The predicted molar refractivity (Wildman–Crippen MR) is 148 cm³/mol. The Morgan fingerprint density at radius 3 is 2.66 bits per heavy atom. The molecule has 2 heterocycles. The van der Waals surface area contributed by atoms with Crippen molar-refractivity contribution in [3.8, 4) is 0 Å². The summed E-state index contributed by atoms with van der Waals surface area (Å²) in [6.45, 7) is 6.17. The highest BCUT2D eigenvalue weighted by Crippen LogP contribution is 2.41. The van der Waals surface area contributed by atoms with Crippen molar-refractivity contribution in [3.05, 3.63) is 63.2 Å². The first-order valence-electron chi connectivity index (χ1n) is 13.4. The van der Waals surface area contributed by atoms with Gasteiger partial charge in [-0.25, -0.2) is 8.78 Å². The zero-order valence-corrected chi connectivity index (χ0v) is 23.2. The number of thioether (sulfide) groups is 1. The van der Waals surface area contributed by atoms with Gasteiger partial charge in [0.15, 0.2) is 0 Å². The molecule has 2 unspecified atom stereocenters. The number of aryl methyl sites for hydroxylation is 1. The van der Waals surface area contributed by atoms with E-state index in [1.807, 2.05) is 50.4 Å². The molecule has 9 heteroatoms. The normalized spacial score (nSPS) is 21.9. The lowest BCUT2D eigenvalue weighted by Gasteiger charge is -2.37. The SMILES string of the molecule is CSc1cc(C)[nH]c(=O)c1CNC(=O)c1c(C)n([C@H](C)C2CCC(NC3CC(F)(F)C3)C2)c2ccccc12. The summed E-state index contributed by atoms with van der Waals surface area (Å²) in [5, 5.41) is 7.34. The van der Waals surface area contributed by atoms with Crippen molar-refractivity contribution in [1.29, 1.82) is 0 Å². The highest BCUT2D eigenvalue weighted by atomic mass is 32.2. The minimum absolute atomic E-state index is 0.0591. The molecule has 2 aliphatic carbocycles. The van der Waals surface area contributed by atoms with Crippen molar-refractivity contribution in [3.63, 3.8) is 0 Å². The van der Waals surface area contributed by atoms with E-state index >= 15 is 0 Å². The number of para-hydroxylation sites is 1. The molecule has 1 aromatic carbocycles. The van der Waals surface area contributed by atoms with Crippen LogP contribution < -0.4 is 16.2 Å². The Kier molecular flexibility index (Phi) is 7.44. The molecule has 2 aliphatic rings. The molecule has 1 amide bonds. The van der Waals surface area contributed by atoms with Crippen LogP contribution in [0.1, 0.15) is 72.4 Å². The zero-order chi connectivity index (χ0) is 27.2. The first-order valence-corrected chi connectivity index (χ1v) is 14.6. The second-order valence-electron chi connectivity index (χ2n) is 11.0. The molecule has 2 fully saturated rings. The highest BCUT2D eigenvalue weighted by Gasteiger charge is 2.46. The number of H-pyrrole nitrogens is 1. The van der Waals surface area contributed by atoms with Crippen molar-refractivity contribution >= 4 is 28.6 Å². The van der Waals surface area contributed by atoms with E-state index in [2.05, 4.69) is 27.1 Å². The fourth-order valence-corrected chi connectivity index (χ4v) is 7.13. The van der Waals surface area contributed by atoms with E-state index in [1.54, 1.807) is 0 Å². The lowest BCUT2D eigenvalue weighted by atomic mass is 9.87. The van der Waals surface area contributed by atoms with Crippen molar-refractivity contribution in [2.45, 2.75) is 88.4 Å². The third kappa shape index (κ3) is 5.15. The van der Waals surface area contributed by atoms with Crippen LogP contribution >= 0.6 is 11.8 Å². The summed E-state index contributed by atoms with van der Waals surface area (Å²) in [5.41, 5.74) is 3.70. The number of carbonyl (C=O) groups excluding carboxylic acids is 1. The third-order valence-corrected chi connectivity index (χ3v) is 9.19. The van der Waals surface area contributed by atoms with Crippen molar-refractivity contribution in [1.82, 2.24) is 20.2 Å². The van der Waals surface area contributed by atoms with Crippen LogP contribution in [0.15, 0.2) is 40.0 Å². The minimum atomic E-state index is -2.51. The Bertz CT molecular complexity index is 1410. The second kappa shape index (κ2) is 10.5. The molecular formula is C29H36F2N4O2S. The van der Waals surface area contributed by atoms with Gasteiger partial charge >= 0.3 is 0 Å². The second-order valence-corrected chi connectivity index (χ2v) is 11.8. The Hall–Kier alpha value is -2.65. The van der Waals surface area contributed by atoms with Gasteiger partial charge in [0, 0.05) is 70.3 Å². The molecule has 0 bridgehead atoms. The molecule has 2 saturated carbocycles. The summed E-state index contributed by atoms with van der Waals surface area (Å²) in [5.74, 6) is -2.33. The Balaban J connectivity index is 1.35. The van der Waals surface area contributed by atoms with Crippen molar-refractivity contribution < 1.29 is 13.6 Å². The average Bonchev–Trinajstić information content (AvgIpc) is 3.43. The molecule has 0 spiro atoms. The number of rotatable bonds is 8. The van der Waals surface area contributed by atoms with Crippen molar-refractivity contribution in [2.75, 3.05) is 6.26 Å². The summed E-state index contributed by atoms with van der Waals surface area (Å²) in [4.78, 5) is 29.8. The third-order valence-electron chi connectivity index (χ3n) is 8.38. The van der Waals surface area contributed by atoms with Gasteiger partial charge in [-0.2, -0.15) is 0 Å². The predicted octanol–water partition coefficient (Wildman–Crippen LogP) is 5.72.